The molecule has 5 heteroatoms. The molecule has 0 aromatic heterocycles. The van der Waals surface area contributed by atoms with E-state index in [0.29, 0.717) is 6.42 Å². The van der Waals surface area contributed by atoms with E-state index in [1.165, 1.54) is 6.92 Å². The molecule has 0 spiro atoms. The normalized spacial score (nSPS) is 23.2. The maximum absolute atomic E-state index is 10.0. The van der Waals surface area contributed by atoms with Gasteiger partial charge in [0.25, 0.3) is 0 Å². The van der Waals surface area contributed by atoms with Gasteiger partial charge in [0, 0.05) is 19.0 Å². The van der Waals surface area contributed by atoms with Crippen LogP contribution in [0.3, 0.4) is 0 Å². The number of carbonyl (C=O) groups is 1. The van der Waals surface area contributed by atoms with Crippen molar-refractivity contribution < 1.29 is 9.53 Å². The van der Waals surface area contributed by atoms with E-state index in [9.17, 15) is 4.79 Å². The van der Waals surface area contributed by atoms with Crippen LogP contribution in [-0.2, 0) is 9.53 Å². The molecular formula is C11H19ClN2O2. The van der Waals surface area contributed by atoms with E-state index in [-0.39, 0.29) is 12.1 Å². The zero-order chi connectivity index (χ0) is 12.8. The van der Waals surface area contributed by atoms with Gasteiger partial charge in [0.1, 0.15) is 5.00 Å². The molecule has 0 heterocycles. The van der Waals surface area contributed by atoms with Gasteiger partial charge in [0.15, 0.2) is 0 Å². The van der Waals surface area contributed by atoms with Gasteiger partial charge in [0.05, 0.1) is 6.10 Å². The van der Waals surface area contributed by atoms with E-state index in [1.54, 1.807) is 18.2 Å². The third-order valence-corrected chi connectivity index (χ3v) is 1.82. The minimum Gasteiger partial charge on any atom is -0.463 e. The maximum Gasteiger partial charge on any atom is 0.302 e. The average Bonchev–Trinajstić information content (AvgIpc) is 1.98. The van der Waals surface area contributed by atoms with Crippen LogP contribution >= 0.6 is 11.6 Å². The summed E-state index contributed by atoms with van der Waals surface area (Å²) in [6.45, 7) is 5.04. The Bertz CT molecular complexity index is 296. The molecule has 0 aliphatic heterocycles. The molecule has 0 aromatic carbocycles. The molecule has 0 saturated carbocycles. The van der Waals surface area contributed by atoms with Gasteiger partial charge in [-0.15, -0.1) is 0 Å². The second-order valence-corrected chi connectivity index (χ2v) is 4.57. The standard InChI is InChI=1S/C6H9ClN2.C5H10O2/c7-6(9)3-1-2-5(8)4-6;1-4(2)7-5(3)6/h1-3H,4,8-9H2;4H,1-3H3. The molecule has 0 amide bonds. The molecule has 1 aliphatic rings. The van der Waals surface area contributed by atoms with Crippen LogP contribution in [0.2, 0.25) is 0 Å². The van der Waals surface area contributed by atoms with Crippen molar-refractivity contribution in [1.82, 2.24) is 0 Å². The Labute approximate surface area is 101 Å². The second kappa shape index (κ2) is 6.55. The van der Waals surface area contributed by atoms with Gasteiger partial charge in [-0.05, 0) is 26.0 Å². The number of allylic oxidation sites excluding steroid dienone is 2. The molecule has 0 radical (unpaired) electrons. The lowest BCUT2D eigenvalue weighted by atomic mass is 10.1. The number of alkyl halides is 1. The Hall–Kier alpha value is -1.00. The van der Waals surface area contributed by atoms with Crippen LogP contribution in [-0.4, -0.2) is 17.1 Å². The number of ether oxygens (including phenoxy) is 1. The molecule has 0 saturated heterocycles. The lowest BCUT2D eigenvalue weighted by Gasteiger charge is -2.19. The van der Waals surface area contributed by atoms with Crippen LogP contribution in [0.1, 0.15) is 27.2 Å². The van der Waals surface area contributed by atoms with Gasteiger partial charge in [-0.3, -0.25) is 4.79 Å². The highest BCUT2D eigenvalue weighted by Gasteiger charge is 2.19. The number of halogens is 1. The van der Waals surface area contributed by atoms with Crippen LogP contribution in [0.25, 0.3) is 0 Å². The highest BCUT2D eigenvalue weighted by molar-refractivity contribution is 6.25. The predicted octanol–water partition coefficient (Wildman–Crippen LogP) is 1.64. The summed E-state index contributed by atoms with van der Waals surface area (Å²) in [4.78, 5) is 9.28. The van der Waals surface area contributed by atoms with Crippen LogP contribution in [0, 0.1) is 0 Å². The number of nitrogens with two attached hydrogens (primary N) is 2. The molecule has 0 fully saturated rings. The number of carbonyl (C=O) groups excluding carboxylic acids is 1. The maximum atomic E-state index is 10.0. The Morgan fingerprint density at radius 1 is 1.62 bits per heavy atom. The van der Waals surface area contributed by atoms with Gasteiger partial charge in [-0.25, -0.2) is 0 Å². The first-order valence-electron chi connectivity index (χ1n) is 5.02. The first-order valence-corrected chi connectivity index (χ1v) is 5.39. The molecule has 0 aromatic rings. The Kier molecular flexibility index (Phi) is 6.14. The van der Waals surface area contributed by atoms with E-state index in [0.717, 1.165) is 5.70 Å². The van der Waals surface area contributed by atoms with E-state index in [4.69, 9.17) is 23.1 Å². The van der Waals surface area contributed by atoms with Crippen molar-refractivity contribution >= 4 is 17.6 Å². The van der Waals surface area contributed by atoms with Crippen LogP contribution in [0.5, 0.6) is 0 Å². The molecule has 1 unspecified atom stereocenters. The van der Waals surface area contributed by atoms with E-state index >= 15 is 0 Å². The van der Waals surface area contributed by atoms with Crippen molar-refractivity contribution in [2.75, 3.05) is 0 Å². The molecule has 1 aliphatic carbocycles. The zero-order valence-electron chi connectivity index (χ0n) is 9.87. The van der Waals surface area contributed by atoms with Crippen LogP contribution in [0.15, 0.2) is 23.9 Å². The van der Waals surface area contributed by atoms with E-state index in [2.05, 4.69) is 4.74 Å². The van der Waals surface area contributed by atoms with Crippen molar-refractivity contribution in [2.24, 2.45) is 11.5 Å². The fourth-order valence-electron chi connectivity index (χ4n) is 1.09. The highest BCUT2D eigenvalue weighted by Crippen LogP contribution is 2.20. The fourth-order valence-corrected chi connectivity index (χ4v) is 1.32. The van der Waals surface area contributed by atoms with Crippen molar-refractivity contribution in [1.29, 1.82) is 0 Å². The summed E-state index contributed by atoms with van der Waals surface area (Å²) < 4.78 is 4.61. The van der Waals surface area contributed by atoms with Crippen molar-refractivity contribution in [3.05, 3.63) is 23.9 Å². The summed E-state index contributed by atoms with van der Waals surface area (Å²) >= 11 is 5.74. The molecular weight excluding hydrogens is 228 g/mol. The Morgan fingerprint density at radius 2 is 2.19 bits per heavy atom. The molecule has 4 nitrogen and oxygen atoms in total. The molecule has 4 N–H and O–H groups in total. The van der Waals surface area contributed by atoms with Gasteiger partial charge in [-0.1, -0.05) is 17.7 Å². The van der Waals surface area contributed by atoms with Gasteiger partial charge in [0.2, 0.25) is 0 Å². The summed E-state index contributed by atoms with van der Waals surface area (Å²) in [5, 5.41) is 0. The lowest BCUT2D eigenvalue weighted by molar-refractivity contribution is -0.144. The van der Waals surface area contributed by atoms with E-state index in [1.807, 2.05) is 13.8 Å². The Balaban J connectivity index is 0.000000293. The largest absolute Gasteiger partial charge is 0.463 e. The second-order valence-electron chi connectivity index (χ2n) is 3.86. The number of rotatable bonds is 1. The summed E-state index contributed by atoms with van der Waals surface area (Å²) in [6.07, 6.45) is 5.85. The fraction of sp³-hybridized carbons (Fsp3) is 0.545. The zero-order valence-corrected chi connectivity index (χ0v) is 10.6. The summed E-state index contributed by atoms with van der Waals surface area (Å²) in [5.41, 5.74) is 11.7. The van der Waals surface area contributed by atoms with Crippen LogP contribution in [0.4, 0.5) is 0 Å². The minimum absolute atomic E-state index is 0.0255. The monoisotopic (exact) mass is 246 g/mol. The van der Waals surface area contributed by atoms with E-state index < -0.39 is 5.00 Å². The number of hydrogen-bond acceptors (Lipinski definition) is 4. The minimum atomic E-state index is -0.751. The SMILES string of the molecule is CC(=O)OC(C)C.NC1=CC=CC(N)(Cl)C1. The van der Waals surface area contributed by atoms with Gasteiger partial charge < -0.3 is 16.2 Å². The summed E-state index contributed by atoms with van der Waals surface area (Å²) in [6, 6.07) is 0. The molecule has 16 heavy (non-hydrogen) atoms. The molecule has 0 bridgehead atoms. The van der Waals surface area contributed by atoms with Gasteiger partial charge >= 0.3 is 5.97 Å². The van der Waals surface area contributed by atoms with Crippen molar-refractivity contribution in [3.8, 4) is 0 Å². The molecule has 1 atom stereocenters. The average molecular weight is 247 g/mol. The molecule has 92 valence electrons. The third-order valence-electron chi connectivity index (χ3n) is 1.56. The number of esters is 1. The Morgan fingerprint density at radius 3 is 2.38 bits per heavy atom. The predicted molar refractivity (Wildman–Crippen MR) is 65.7 cm³/mol. The topological polar surface area (TPSA) is 78.3 Å². The number of hydrogen-bond donors (Lipinski definition) is 2. The first kappa shape index (κ1) is 15.0. The first-order chi connectivity index (χ1) is 7.23. The third kappa shape index (κ3) is 8.32. The lowest BCUT2D eigenvalue weighted by Crippen LogP contribution is -2.33. The highest BCUT2D eigenvalue weighted by atomic mass is 35.5. The van der Waals surface area contributed by atoms with Gasteiger partial charge in [-0.2, -0.15) is 0 Å². The molecule has 1 rings (SSSR count). The summed E-state index contributed by atoms with van der Waals surface area (Å²) in [5.74, 6) is -0.213. The van der Waals surface area contributed by atoms with Crippen molar-refractivity contribution in [2.45, 2.75) is 38.3 Å². The smallest absolute Gasteiger partial charge is 0.302 e. The quantitative estimate of drug-likeness (QED) is 0.419. The van der Waals surface area contributed by atoms with Crippen LogP contribution < -0.4 is 11.5 Å². The van der Waals surface area contributed by atoms with Crippen molar-refractivity contribution in [3.63, 3.8) is 0 Å². The summed E-state index contributed by atoms with van der Waals surface area (Å²) in [7, 11) is 0.